The van der Waals surface area contributed by atoms with Crippen LogP contribution in [0.2, 0.25) is 0 Å². The van der Waals surface area contributed by atoms with Gasteiger partial charge in [-0.05, 0) is 79.0 Å². The minimum atomic E-state index is 0.00222. The molecule has 4 rings (SSSR count). The van der Waals surface area contributed by atoms with E-state index in [0.717, 1.165) is 37.7 Å². The number of carbonyl (C=O) groups excluding carboxylic acids is 2. The standard InChI is InChI=1S/C27H33N3O4/c1-33-23-7-5-21(18-24(23)34-2)6-8-25(31)30-16-11-27(12-17-30)19-22(27)26(32)29-13-3-4-20-9-14-28-15-10-20/h5-10,14-15,18,22H,3-4,11-13,16-17,19H2,1-2H3,(H,29,32)/b8-6+. The van der Waals surface area contributed by atoms with Gasteiger partial charge in [-0.2, -0.15) is 0 Å². The molecular weight excluding hydrogens is 430 g/mol. The summed E-state index contributed by atoms with van der Waals surface area (Å²) in [6.07, 6.45) is 11.6. The van der Waals surface area contributed by atoms with Gasteiger partial charge in [0.15, 0.2) is 11.5 Å². The third-order valence-corrected chi connectivity index (χ3v) is 7.09. The molecule has 0 radical (unpaired) electrons. The third kappa shape index (κ3) is 5.58. The summed E-state index contributed by atoms with van der Waals surface area (Å²) in [7, 11) is 3.19. The lowest BCUT2D eigenvalue weighted by molar-refractivity contribution is -0.127. The molecule has 1 atom stereocenters. The number of benzene rings is 1. The number of piperidine rings is 1. The van der Waals surface area contributed by atoms with Crippen molar-refractivity contribution in [2.75, 3.05) is 33.9 Å². The summed E-state index contributed by atoms with van der Waals surface area (Å²) < 4.78 is 10.6. The fourth-order valence-electron chi connectivity index (χ4n) is 4.85. The van der Waals surface area contributed by atoms with Gasteiger partial charge in [-0.1, -0.05) is 6.07 Å². The van der Waals surface area contributed by atoms with Gasteiger partial charge < -0.3 is 19.7 Å². The van der Waals surface area contributed by atoms with Crippen molar-refractivity contribution in [3.8, 4) is 11.5 Å². The predicted molar refractivity (Wildman–Crippen MR) is 131 cm³/mol. The summed E-state index contributed by atoms with van der Waals surface area (Å²) in [6.45, 7) is 2.08. The highest BCUT2D eigenvalue weighted by atomic mass is 16.5. The third-order valence-electron chi connectivity index (χ3n) is 7.09. The second-order valence-corrected chi connectivity index (χ2v) is 9.14. The highest BCUT2D eigenvalue weighted by Crippen LogP contribution is 2.59. The number of amides is 2. The SMILES string of the molecule is COc1ccc(/C=C/C(=O)N2CCC3(CC2)CC3C(=O)NCCCc2ccncc2)cc1OC. The highest BCUT2D eigenvalue weighted by molar-refractivity contribution is 5.92. The van der Waals surface area contributed by atoms with Crippen LogP contribution >= 0.6 is 0 Å². The van der Waals surface area contributed by atoms with Crippen molar-refractivity contribution in [2.45, 2.75) is 32.1 Å². The van der Waals surface area contributed by atoms with Gasteiger partial charge in [0.05, 0.1) is 14.2 Å². The molecule has 34 heavy (non-hydrogen) atoms. The quantitative estimate of drug-likeness (QED) is 0.455. The molecule has 0 bridgehead atoms. The number of rotatable bonds is 9. The monoisotopic (exact) mass is 463 g/mol. The molecule has 2 amide bonds. The van der Waals surface area contributed by atoms with Crippen molar-refractivity contribution in [1.82, 2.24) is 15.2 Å². The number of ether oxygens (including phenoxy) is 2. The van der Waals surface area contributed by atoms with E-state index >= 15 is 0 Å². The van der Waals surface area contributed by atoms with E-state index in [1.165, 1.54) is 5.56 Å². The summed E-state index contributed by atoms with van der Waals surface area (Å²) in [5.41, 5.74) is 2.20. The Morgan fingerprint density at radius 3 is 2.56 bits per heavy atom. The molecule has 2 heterocycles. The average molecular weight is 464 g/mol. The topological polar surface area (TPSA) is 80.8 Å². The zero-order valence-corrected chi connectivity index (χ0v) is 20.0. The van der Waals surface area contributed by atoms with E-state index in [1.54, 1.807) is 38.8 Å². The lowest BCUT2D eigenvalue weighted by atomic mass is 9.90. The summed E-state index contributed by atoms with van der Waals surface area (Å²) in [5, 5.41) is 3.11. The maximum Gasteiger partial charge on any atom is 0.246 e. The summed E-state index contributed by atoms with van der Waals surface area (Å²) in [6, 6.07) is 9.58. The number of nitrogens with one attached hydrogen (secondary N) is 1. The molecule has 1 aromatic heterocycles. The van der Waals surface area contributed by atoms with Crippen molar-refractivity contribution < 1.29 is 19.1 Å². The fraction of sp³-hybridized carbons (Fsp3) is 0.444. The summed E-state index contributed by atoms with van der Waals surface area (Å²) in [5.74, 6) is 1.55. The van der Waals surface area contributed by atoms with Crippen LogP contribution in [0.4, 0.5) is 0 Å². The molecule has 1 saturated heterocycles. The number of methoxy groups -OCH3 is 2. The van der Waals surface area contributed by atoms with Crippen LogP contribution in [0.5, 0.6) is 11.5 Å². The second kappa shape index (κ2) is 10.7. The van der Waals surface area contributed by atoms with E-state index in [4.69, 9.17) is 9.47 Å². The van der Waals surface area contributed by atoms with Crippen LogP contribution in [0, 0.1) is 11.3 Å². The molecule has 1 aromatic carbocycles. The van der Waals surface area contributed by atoms with Crippen LogP contribution in [0.3, 0.4) is 0 Å². The Hall–Kier alpha value is -3.35. The van der Waals surface area contributed by atoms with Crippen molar-refractivity contribution in [2.24, 2.45) is 11.3 Å². The normalized spacial score (nSPS) is 18.6. The maximum atomic E-state index is 12.7. The zero-order valence-electron chi connectivity index (χ0n) is 20.0. The number of hydrogen-bond acceptors (Lipinski definition) is 5. The molecule has 1 spiro atoms. The van der Waals surface area contributed by atoms with E-state index in [2.05, 4.69) is 10.3 Å². The molecule has 1 unspecified atom stereocenters. The Labute approximate surface area is 201 Å². The molecule has 7 nitrogen and oxygen atoms in total. The van der Waals surface area contributed by atoms with Gasteiger partial charge in [0.2, 0.25) is 11.8 Å². The van der Waals surface area contributed by atoms with Gasteiger partial charge in [0, 0.05) is 44.0 Å². The lowest BCUT2D eigenvalue weighted by Crippen LogP contribution is -2.40. The van der Waals surface area contributed by atoms with E-state index in [1.807, 2.05) is 35.2 Å². The van der Waals surface area contributed by atoms with Gasteiger partial charge in [0.1, 0.15) is 0 Å². The number of carbonyl (C=O) groups is 2. The fourth-order valence-corrected chi connectivity index (χ4v) is 4.85. The van der Waals surface area contributed by atoms with Crippen molar-refractivity contribution >= 4 is 17.9 Å². The largest absolute Gasteiger partial charge is 0.493 e. The van der Waals surface area contributed by atoms with Crippen molar-refractivity contribution in [3.05, 3.63) is 59.9 Å². The molecule has 1 aliphatic heterocycles. The molecular formula is C27H33N3O4. The number of aromatic nitrogens is 1. The Morgan fingerprint density at radius 2 is 1.85 bits per heavy atom. The minimum Gasteiger partial charge on any atom is -0.493 e. The molecule has 2 aromatic rings. The van der Waals surface area contributed by atoms with Crippen LogP contribution in [0.15, 0.2) is 48.8 Å². The Morgan fingerprint density at radius 1 is 1.12 bits per heavy atom. The van der Waals surface area contributed by atoms with Crippen LogP contribution in [-0.2, 0) is 16.0 Å². The molecule has 1 aliphatic carbocycles. The first-order chi connectivity index (χ1) is 16.5. The number of aryl methyl sites for hydroxylation is 1. The van der Waals surface area contributed by atoms with Gasteiger partial charge in [0.25, 0.3) is 0 Å². The highest BCUT2D eigenvalue weighted by Gasteiger charge is 2.58. The number of pyridine rings is 1. The van der Waals surface area contributed by atoms with Crippen LogP contribution in [0.1, 0.15) is 36.8 Å². The molecule has 7 heteroatoms. The van der Waals surface area contributed by atoms with Gasteiger partial charge in [-0.15, -0.1) is 0 Å². The van der Waals surface area contributed by atoms with E-state index in [-0.39, 0.29) is 23.1 Å². The maximum absolute atomic E-state index is 12.7. The van der Waals surface area contributed by atoms with Gasteiger partial charge in [-0.3, -0.25) is 14.6 Å². The first-order valence-electron chi connectivity index (χ1n) is 11.9. The van der Waals surface area contributed by atoms with E-state index < -0.39 is 0 Å². The number of nitrogens with zero attached hydrogens (tertiary/aromatic N) is 2. The smallest absolute Gasteiger partial charge is 0.246 e. The average Bonchev–Trinajstić information content (AvgIpc) is 3.58. The molecule has 2 aliphatic rings. The number of hydrogen-bond donors (Lipinski definition) is 1. The van der Waals surface area contributed by atoms with E-state index in [0.29, 0.717) is 31.1 Å². The van der Waals surface area contributed by atoms with Crippen LogP contribution < -0.4 is 14.8 Å². The van der Waals surface area contributed by atoms with Crippen LogP contribution in [-0.4, -0.2) is 55.6 Å². The first kappa shape index (κ1) is 23.8. The zero-order chi connectivity index (χ0) is 24.0. The second-order valence-electron chi connectivity index (χ2n) is 9.14. The predicted octanol–water partition coefficient (Wildman–Crippen LogP) is 3.49. The van der Waals surface area contributed by atoms with E-state index in [9.17, 15) is 9.59 Å². The summed E-state index contributed by atoms with van der Waals surface area (Å²) >= 11 is 0. The molecule has 180 valence electrons. The number of likely N-dealkylation sites (tertiary alicyclic amines) is 1. The summed E-state index contributed by atoms with van der Waals surface area (Å²) in [4.78, 5) is 31.2. The Kier molecular flexibility index (Phi) is 7.50. The first-order valence-corrected chi connectivity index (χ1v) is 11.9. The van der Waals surface area contributed by atoms with Gasteiger partial charge in [-0.25, -0.2) is 0 Å². The van der Waals surface area contributed by atoms with Crippen molar-refractivity contribution in [3.63, 3.8) is 0 Å². The Bertz CT molecular complexity index is 1030. The van der Waals surface area contributed by atoms with Crippen molar-refractivity contribution in [1.29, 1.82) is 0 Å². The molecule has 1 saturated carbocycles. The molecule has 2 fully saturated rings. The molecule has 1 N–H and O–H groups in total. The minimum absolute atomic E-state index is 0.00222. The lowest BCUT2D eigenvalue weighted by Gasteiger charge is -2.32. The van der Waals surface area contributed by atoms with Crippen LogP contribution in [0.25, 0.3) is 6.08 Å². The Balaban J connectivity index is 1.20. The van der Waals surface area contributed by atoms with Gasteiger partial charge >= 0.3 is 0 Å².